The summed E-state index contributed by atoms with van der Waals surface area (Å²) in [5, 5.41) is 0.502. The molecule has 0 aliphatic rings. The molecule has 0 amide bonds. The Morgan fingerprint density at radius 1 is 1.24 bits per heavy atom. The van der Waals surface area contributed by atoms with Gasteiger partial charge < -0.3 is 0 Å². The van der Waals surface area contributed by atoms with Crippen LogP contribution in [0.2, 0.25) is 5.02 Å². The lowest BCUT2D eigenvalue weighted by atomic mass is 10.1. The van der Waals surface area contributed by atoms with Crippen molar-refractivity contribution in [2.75, 3.05) is 5.88 Å². The molecule has 0 fully saturated rings. The van der Waals surface area contributed by atoms with E-state index in [9.17, 15) is 8.42 Å². The highest BCUT2D eigenvalue weighted by atomic mass is 35.5. The minimum atomic E-state index is -3.53. The van der Waals surface area contributed by atoms with Crippen LogP contribution in [0.25, 0.3) is 0 Å². The molecular weight excluding hydrogens is 281 g/mol. The average Bonchev–Trinajstić information content (AvgIpc) is 2.26. The van der Waals surface area contributed by atoms with Crippen molar-refractivity contribution >= 4 is 33.2 Å². The third-order valence-electron chi connectivity index (χ3n) is 2.40. The van der Waals surface area contributed by atoms with E-state index in [2.05, 4.69) is 4.72 Å². The first-order chi connectivity index (χ1) is 7.86. The van der Waals surface area contributed by atoms with Crippen LogP contribution < -0.4 is 4.72 Å². The van der Waals surface area contributed by atoms with E-state index in [0.717, 1.165) is 0 Å². The van der Waals surface area contributed by atoms with E-state index in [1.807, 2.05) is 13.8 Å². The van der Waals surface area contributed by atoms with Crippen LogP contribution in [0.5, 0.6) is 0 Å². The lowest BCUT2D eigenvalue weighted by molar-refractivity contribution is 0.480. The Labute approximate surface area is 112 Å². The van der Waals surface area contributed by atoms with Gasteiger partial charge in [-0.15, -0.1) is 11.6 Å². The summed E-state index contributed by atoms with van der Waals surface area (Å²) in [6.45, 7) is 3.83. The predicted molar refractivity (Wildman–Crippen MR) is 71.1 cm³/mol. The average molecular weight is 296 g/mol. The number of halogens is 2. The zero-order valence-corrected chi connectivity index (χ0v) is 12.0. The second kappa shape index (κ2) is 6.05. The van der Waals surface area contributed by atoms with E-state index in [-0.39, 0.29) is 22.7 Å². The Kier molecular flexibility index (Phi) is 5.25. The summed E-state index contributed by atoms with van der Waals surface area (Å²) in [6, 6.07) is 5.74. The van der Waals surface area contributed by atoms with Gasteiger partial charge in [-0.05, 0) is 30.2 Å². The minimum absolute atomic E-state index is 0.134. The maximum Gasteiger partial charge on any atom is 0.240 e. The van der Waals surface area contributed by atoms with E-state index < -0.39 is 10.0 Å². The third-order valence-corrected chi connectivity index (χ3v) is 4.49. The standard InChI is InChI=1S/C11H15Cl2NO2S/c1-8(2)11(7-12)14-17(15,16)10-5-3-9(13)4-6-10/h3-6,8,11,14H,7H2,1-2H3. The maximum absolute atomic E-state index is 12.0. The molecule has 1 unspecified atom stereocenters. The van der Waals surface area contributed by atoms with Crippen LogP contribution in [0.4, 0.5) is 0 Å². The molecule has 1 N–H and O–H groups in total. The molecule has 1 aromatic carbocycles. The second-order valence-electron chi connectivity index (χ2n) is 4.08. The van der Waals surface area contributed by atoms with Crippen molar-refractivity contribution in [1.82, 2.24) is 4.72 Å². The molecule has 0 saturated heterocycles. The van der Waals surface area contributed by atoms with Crippen molar-refractivity contribution in [2.45, 2.75) is 24.8 Å². The van der Waals surface area contributed by atoms with Crippen molar-refractivity contribution in [2.24, 2.45) is 5.92 Å². The number of benzene rings is 1. The third kappa shape index (κ3) is 4.14. The minimum Gasteiger partial charge on any atom is -0.207 e. The number of rotatable bonds is 5. The highest BCUT2D eigenvalue weighted by molar-refractivity contribution is 7.89. The van der Waals surface area contributed by atoms with Gasteiger partial charge in [0.15, 0.2) is 0 Å². The van der Waals surface area contributed by atoms with Gasteiger partial charge in [0.25, 0.3) is 0 Å². The van der Waals surface area contributed by atoms with Gasteiger partial charge >= 0.3 is 0 Å². The normalized spacial score (nSPS) is 13.9. The number of sulfonamides is 1. The fraction of sp³-hybridized carbons (Fsp3) is 0.455. The van der Waals surface area contributed by atoms with Crippen LogP contribution >= 0.6 is 23.2 Å². The molecule has 1 aromatic rings. The summed E-state index contributed by atoms with van der Waals surface area (Å²) in [6.07, 6.45) is 0. The molecule has 0 saturated carbocycles. The van der Waals surface area contributed by atoms with Crippen LogP contribution in [-0.4, -0.2) is 20.3 Å². The molecular formula is C11H15Cl2NO2S. The number of hydrogen-bond acceptors (Lipinski definition) is 2. The van der Waals surface area contributed by atoms with Gasteiger partial charge in [0.2, 0.25) is 10.0 Å². The molecule has 0 spiro atoms. The predicted octanol–water partition coefficient (Wildman–Crippen LogP) is 2.88. The summed E-state index contributed by atoms with van der Waals surface area (Å²) in [7, 11) is -3.53. The molecule has 0 heterocycles. The monoisotopic (exact) mass is 295 g/mol. The number of nitrogens with one attached hydrogen (secondary N) is 1. The van der Waals surface area contributed by atoms with Gasteiger partial charge in [-0.25, -0.2) is 13.1 Å². The fourth-order valence-electron chi connectivity index (χ4n) is 1.23. The van der Waals surface area contributed by atoms with Crippen LogP contribution in [-0.2, 0) is 10.0 Å². The quantitative estimate of drug-likeness (QED) is 0.849. The summed E-state index contributed by atoms with van der Waals surface area (Å²) in [5.41, 5.74) is 0. The molecule has 1 rings (SSSR count). The van der Waals surface area contributed by atoms with Crippen LogP contribution in [0.1, 0.15) is 13.8 Å². The number of alkyl halides is 1. The van der Waals surface area contributed by atoms with Crippen LogP contribution in [0, 0.1) is 5.92 Å². The Morgan fingerprint density at radius 3 is 2.18 bits per heavy atom. The summed E-state index contributed by atoms with van der Waals surface area (Å²) in [4.78, 5) is 0.192. The Hall–Kier alpha value is -0.290. The highest BCUT2D eigenvalue weighted by Gasteiger charge is 2.21. The maximum atomic E-state index is 12.0. The lowest BCUT2D eigenvalue weighted by Crippen LogP contribution is -2.39. The molecule has 0 aromatic heterocycles. The summed E-state index contributed by atoms with van der Waals surface area (Å²) < 4.78 is 26.6. The second-order valence-corrected chi connectivity index (χ2v) is 6.54. The van der Waals surface area contributed by atoms with Gasteiger partial charge in [0.05, 0.1) is 4.90 Å². The Morgan fingerprint density at radius 2 is 1.76 bits per heavy atom. The van der Waals surface area contributed by atoms with Gasteiger partial charge in [0, 0.05) is 16.9 Å². The zero-order chi connectivity index (χ0) is 13.1. The van der Waals surface area contributed by atoms with Crippen molar-refractivity contribution in [3.63, 3.8) is 0 Å². The molecule has 96 valence electrons. The summed E-state index contributed by atoms with van der Waals surface area (Å²) >= 11 is 11.4. The van der Waals surface area contributed by atoms with Crippen molar-refractivity contribution < 1.29 is 8.42 Å². The molecule has 17 heavy (non-hydrogen) atoms. The van der Waals surface area contributed by atoms with E-state index >= 15 is 0 Å². The molecule has 3 nitrogen and oxygen atoms in total. The van der Waals surface area contributed by atoms with Crippen molar-refractivity contribution in [1.29, 1.82) is 0 Å². The first-order valence-corrected chi connectivity index (χ1v) is 7.60. The van der Waals surface area contributed by atoms with Crippen molar-refractivity contribution in [3.05, 3.63) is 29.3 Å². The summed E-state index contributed by atoms with van der Waals surface area (Å²) in [5.74, 6) is 0.374. The van der Waals surface area contributed by atoms with E-state index in [4.69, 9.17) is 23.2 Å². The smallest absolute Gasteiger partial charge is 0.207 e. The molecule has 0 aliphatic heterocycles. The molecule has 0 aliphatic carbocycles. The molecule has 0 bridgehead atoms. The van der Waals surface area contributed by atoms with Crippen molar-refractivity contribution in [3.8, 4) is 0 Å². The Balaban J connectivity index is 2.92. The first-order valence-electron chi connectivity index (χ1n) is 5.20. The lowest BCUT2D eigenvalue weighted by Gasteiger charge is -2.19. The van der Waals surface area contributed by atoms with E-state index in [1.165, 1.54) is 12.1 Å². The molecule has 1 atom stereocenters. The van der Waals surface area contributed by atoms with Gasteiger partial charge in [0.1, 0.15) is 0 Å². The fourth-order valence-corrected chi connectivity index (χ4v) is 3.26. The topological polar surface area (TPSA) is 46.2 Å². The highest BCUT2D eigenvalue weighted by Crippen LogP contribution is 2.15. The van der Waals surface area contributed by atoms with Crippen LogP contribution in [0.3, 0.4) is 0 Å². The van der Waals surface area contributed by atoms with Gasteiger partial charge in [-0.1, -0.05) is 25.4 Å². The SMILES string of the molecule is CC(C)C(CCl)NS(=O)(=O)c1ccc(Cl)cc1. The van der Waals surface area contributed by atoms with E-state index in [0.29, 0.717) is 5.02 Å². The Bertz CT molecular complexity index is 457. The largest absolute Gasteiger partial charge is 0.240 e. The zero-order valence-electron chi connectivity index (χ0n) is 9.65. The molecule has 0 radical (unpaired) electrons. The molecule has 6 heteroatoms. The number of hydrogen-bond donors (Lipinski definition) is 1. The van der Waals surface area contributed by atoms with Gasteiger partial charge in [-0.2, -0.15) is 0 Å². The van der Waals surface area contributed by atoms with Crippen LogP contribution in [0.15, 0.2) is 29.2 Å². The first kappa shape index (κ1) is 14.8. The van der Waals surface area contributed by atoms with Gasteiger partial charge in [-0.3, -0.25) is 0 Å². The van der Waals surface area contributed by atoms with E-state index in [1.54, 1.807) is 12.1 Å².